The smallest absolute Gasteiger partial charge is 0.185 e. The van der Waals surface area contributed by atoms with E-state index in [1.54, 1.807) is 6.20 Å². The zero-order valence-electron chi connectivity index (χ0n) is 17.3. The molecule has 1 aliphatic carbocycles. The van der Waals surface area contributed by atoms with Crippen molar-refractivity contribution in [3.8, 4) is 5.69 Å². The van der Waals surface area contributed by atoms with Gasteiger partial charge in [-0.1, -0.05) is 16.8 Å². The van der Waals surface area contributed by atoms with Gasteiger partial charge in [0.2, 0.25) is 0 Å². The average Bonchev–Trinajstić information content (AvgIpc) is 3.35. The second-order valence-corrected chi connectivity index (χ2v) is 9.16. The molecular weight excluding hydrogens is 412 g/mol. The van der Waals surface area contributed by atoms with Crippen LogP contribution in [0.2, 0.25) is 5.02 Å². The van der Waals surface area contributed by atoms with Crippen LogP contribution in [0.3, 0.4) is 0 Å². The third-order valence-electron chi connectivity index (χ3n) is 6.62. The molecule has 6 rings (SSSR count). The summed E-state index contributed by atoms with van der Waals surface area (Å²) < 4.78 is 7.77. The molecule has 0 spiro atoms. The second kappa shape index (κ2) is 7.43. The Morgan fingerprint density at radius 2 is 1.87 bits per heavy atom. The van der Waals surface area contributed by atoms with Crippen LogP contribution in [0.4, 0.5) is 0 Å². The number of nitrogens with zero attached hydrogens (tertiary/aromatic N) is 6. The van der Waals surface area contributed by atoms with E-state index < -0.39 is 0 Å². The highest BCUT2D eigenvalue weighted by atomic mass is 35.5. The van der Waals surface area contributed by atoms with Gasteiger partial charge in [-0.15, -0.1) is 10.2 Å². The fourth-order valence-electron chi connectivity index (χ4n) is 5.14. The molecule has 4 heterocycles. The third kappa shape index (κ3) is 3.23. The monoisotopic (exact) mass is 434 g/mol. The lowest BCUT2D eigenvalue weighted by atomic mass is 9.80. The summed E-state index contributed by atoms with van der Waals surface area (Å²) in [7, 11) is 2.11. The first-order valence-electron chi connectivity index (χ1n) is 10.8. The van der Waals surface area contributed by atoms with Gasteiger partial charge in [-0.25, -0.2) is 0 Å². The topological polar surface area (TPSA) is 72.9 Å². The van der Waals surface area contributed by atoms with E-state index >= 15 is 0 Å². The zero-order chi connectivity index (χ0) is 20.9. The normalized spacial score (nSPS) is 21.6. The van der Waals surface area contributed by atoms with Gasteiger partial charge < -0.3 is 4.52 Å². The molecule has 4 aromatic rings. The second-order valence-electron chi connectivity index (χ2n) is 8.72. The summed E-state index contributed by atoms with van der Waals surface area (Å²) in [5.41, 5.74) is 5.02. The van der Waals surface area contributed by atoms with Gasteiger partial charge in [0.25, 0.3) is 0 Å². The van der Waals surface area contributed by atoms with E-state index in [0.717, 1.165) is 77.9 Å². The Kier molecular flexibility index (Phi) is 4.54. The van der Waals surface area contributed by atoms with Crippen molar-refractivity contribution in [2.45, 2.75) is 50.6 Å². The van der Waals surface area contributed by atoms with Gasteiger partial charge in [0.1, 0.15) is 17.0 Å². The van der Waals surface area contributed by atoms with Crippen LogP contribution in [0.15, 0.2) is 41.1 Å². The molecule has 3 aromatic heterocycles. The lowest BCUT2D eigenvalue weighted by Crippen LogP contribution is -2.17. The molecule has 2 aliphatic rings. The van der Waals surface area contributed by atoms with Crippen molar-refractivity contribution in [1.29, 1.82) is 0 Å². The maximum Gasteiger partial charge on any atom is 0.185 e. The minimum Gasteiger partial charge on any atom is -0.354 e. The molecule has 0 radical (unpaired) electrons. The maximum atomic E-state index is 6.30. The van der Waals surface area contributed by atoms with Crippen LogP contribution in [0.25, 0.3) is 16.8 Å². The van der Waals surface area contributed by atoms with E-state index in [9.17, 15) is 0 Å². The molecule has 8 heteroatoms. The number of hydrogen-bond donors (Lipinski definition) is 0. The number of halogens is 1. The van der Waals surface area contributed by atoms with Gasteiger partial charge in [0.15, 0.2) is 11.4 Å². The summed E-state index contributed by atoms with van der Waals surface area (Å²) in [6, 6.07) is 9.93. The Labute approximate surface area is 185 Å². The quantitative estimate of drug-likeness (QED) is 0.449. The molecule has 7 nitrogen and oxygen atoms in total. The summed E-state index contributed by atoms with van der Waals surface area (Å²) in [4.78, 5) is 6.75. The molecule has 0 N–H and O–H groups in total. The number of aromatic nitrogens is 5. The van der Waals surface area contributed by atoms with E-state index in [0.29, 0.717) is 11.8 Å². The van der Waals surface area contributed by atoms with Crippen LogP contribution in [0, 0.1) is 0 Å². The first-order chi connectivity index (χ1) is 15.2. The van der Waals surface area contributed by atoms with E-state index in [2.05, 4.69) is 49.0 Å². The fourth-order valence-corrected chi connectivity index (χ4v) is 5.33. The highest BCUT2D eigenvalue weighted by molar-refractivity contribution is 6.30. The van der Waals surface area contributed by atoms with E-state index in [1.807, 2.05) is 18.2 Å². The van der Waals surface area contributed by atoms with E-state index in [4.69, 9.17) is 16.1 Å². The van der Waals surface area contributed by atoms with Gasteiger partial charge in [-0.3, -0.25) is 14.5 Å². The van der Waals surface area contributed by atoms with Gasteiger partial charge >= 0.3 is 0 Å². The number of benzene rings is 1. The lowest BCUT2D eigenvalue weighted by molar-refractivity contribution is 0.315. The first kappa shape index (κ1) is 19.0. The molecule has 0 atom stereocenters. The van der Waals surface area contributed by atoms with Gasteiger partial charge in [0.05, 0.1) is 12.2 Å². The largest absolute Gasteiger partial charge is 0.354 e. The average molecular weight is 435 g/mol. The highest BCUT2D eigenvalue weighted by Crippen LogP contribution is 2.42. The molecule has 1 saturated carbocycles. The standard InChI is InChI=1S/C23H23ClN6O/c1-29-12-16-11-17(24)8-9-18(16)30-20(13-29)26-27-23(30)15-6-4-14(5-7-15)21-22-19(31-28-21)3-2-10-25-22/h2-3,8-11,14-15H,4-7,12-13H2,1H3. The molecule has 0 amide bonds. The van der Waals surface area contributed by atoms with Gasteiger partial charge in [0, 0.05) is 29.6 Å². The predicted octanol–water partition coefficient (Wildman–Crippen LogP) is 4.84. The number of fused-ring (bicyclic) bond motifs is 4. The van der Waals surface area contributed by atoms with Crippen molar-refractivity contribution in [3.63, 3.8) is 0 Å². The maximum absolute atomic E-state index is 6.30. The summed E-state index contributed by atoms with van der Waals surface area (Å²) in [5.74, 6) is 2.80. The van der Waals surface area contributed by atoms with Crippen LogP contribution in [-0.4, -0.2) is 36.9 Å². The van der Waals surface area contributed by atoms with Crippen LogP contribution < -0.4 is 0 Å². The van der Waals surface area contributed by atoms with Crippen LogP contribution >= 0.6 is 11.6 Å². The van der Waals surface area contributed by atoms with Crippen LogP contribution in [0.1, 0.15) is 60.4 Å². The number of pyridine rings is 1. The Bertz CT molecular complexity index is 1260. The Hall–Kier alpha value is -2.77. The third-order valence-corrected chi connectivity index (χ3v) is 6.86. The molecule has 0 bridgehead atoms. The van der Waals surface area contributed by atoms with E-state index in [-0.39, 0.29) is 0 Å². The SMILES string of the molecule is CN1Cc2cc(Cl)ccc2-n2c(nnc2C2CCC(c3noc4cccnc34)CC2)C1. The Balaban J connectivity index is 1.30. The van der Waals surface area contributed by atoms with Crippen molar-refractivity contribution in [1.82, 2.24) is 29.8 Å². The minimum atomic E-state index is 0.371. The van der Waals surface area contributed by atoms with Crippen LogP contribution in [-0.2, 0) is 13.1 Å². The molecule has 158 valence electrons. The van der Waals surface area contributed by atoms with E-state index in [1.165, 1.54) is 5.56 Å². The molecule has 1 aromatic carbocycles. The molecule has 1 fully saturated rings. The summed E-state index contributed by atoms with van der Waals surface area (Å²) in [6.07, 6.45) is 5.98. The molecular formula is C23H23ClN6O. The van der Waals surface area contributed by atoms with Crippen molar-refractivity contribution in [2.24, 2.45) is 0 Å². The Morgan fingerprint density at radius 1 is 1.03 bits per heavy atom. The highest BCUT2D eigenvalue weighted by Gasteiger charge is 2.32. The van der Waals surface area contributed by atoms with Crippen molar-refractivity contribution >= 4 is 22.7 Å². The predicted molar refractivity (Wildman–Crippen MR) is 117 cm³/mol. The number of rotatable bonds is 2. The fraction of sp³-hybridized carbons (Fsp3) is 0.391. The van der Waals surface area contributed by atoms with Crippen LogP contribution in [0.5, 0.6) is 0 Å². The molecule has 1 aliphatic heterocycles. The van der Waals surface area contributed by atoms with Gasteiger partial charge in [-0.2, -0.15) is 0 Å². The number of hydrogen-bond acceptors (Lipinski definition) is 6. The summed E-state index contributed by atoms with van der Waals surface area (Å²) in [5, 5.41) is 14.3. The van der Waals surface area contributed by atoms with Crippen molar-refractivity contribution < 1.29 is 4.52 Å². The summed E-state index contributed by atoms with van der Waals surface area (Å²) in [6.45, 7) is 1.61. The molecule has 0 saturated heterocycles. The lowest BCUT2D eigenvalue weighted by Gasteiger charge is -2.27. The Morgan fingerprint density at radius 3 is 2.74 bits per heavy atom. The summed E-state index contributed by atoms with van der Waals surface area (Å²) >= 11 is 6.30. The van der Waals surface area contributed by atoms with Crippen molar-refractivity contribution in [2.75, 3.05) is 7.05 Å². The van der Waals surface area contributed by atoms with Gasteiger partial charge in [-0.05, 0) is 68.6 Å². The molecule has 31 heavy (non-hydrogen) atoms. The minimum absolute atomic E-state index is 0.371. The van der Waals surface area contributed by atoms with Crippen molar-refractivity contribution in [3.05, 3.63) is 64.5 Å². The molecule has 0 unspecified atom stereocenters. The first-order valence-corrected chi connectivity index (χ1v) is 11.2. The zero-order valence-corrected chi connectivity index (χ0v) is 18.1.